The fourth-order valence-electron chi connectivity index (χ4n) is 4.55. The lowest BCUT2D eigenvalue weighted by molar-refractivity contribution is 0.0985. The minimum Gasteiger partial charge on any atom is -0.377 e. The lowest BCUT2D eigenvalue weighted by Gasteiger charge is -2.34. The second-order valence-corrected chi connectivity index (χ2v) is 12.0. The summed E-state index contributed by atoms with van der Waals surface area (Å²) in [5, 5.41) is 4.80. The van der Waals surface area contributed by atoms with Gasteiger partial charge in [-0.15, -0.1) is 0 Å². The van der Waals surface area contributed by atoms with Crippen LogP contribution in [0.3, 0.4) is 0 Å². The molecular formula is C24H30FN5O4S. The molecule has 0 unspecified atom stereocenters. The number of halogens is 1. The molecule has 1 aromatic heterocycles. The van der Waals surface area contributed by atoms with Gasteiger partial charge in [0, 0.05) is 30.4 Å². The number of anilines is 2. The maximum Gasteiger partial charge on any atom is 0.319 e. The molecule has 0 radical (unpaired) electrons. The minimum atomic E-state index is -3.31. The van der Waals surface area contributed by atoms with Gasteiger partial charge < -0.3 is 20.3 Å². The largest absolute Gasteiger partial charge is 0.377 e. The van der Waals surface area contributed by atoms with E-state index in [-0.39, 0.29) is 17.8 Å². The summed E-state index contributed by atoms with van der Waals surface area (Å²) in [6.45, 7) is 3.18. The summed E-state index contributed by atoms with van der Waals surface area (Å²) >= 11 is 0. The summed E-state index contributed by atoms with van der Waals surface area (Å²) in [7, 11) is -3.31. The van der Waals surface area contributed by atoms with Crippen LogP contribution in [0.25, 0.3) is 11.4 Å². The Morgan fingerprint density at radius 3 is 2.60 bits per heavy atom. The zero-order valence-electron chi connectivity index (χ0n) is 19.7. The summed E-state index contributed by atoms with van der Waals surface area (Å²) in [5.41, 5.74) is 1.82. The van der Waals surface area contributed by atoms with Gasteiger partial charge in [-0.05, 0) is 56.9 Å². The number of alkyl halides is 1. The highest BCUT2D eigenvalue weighted by Crippen LogP contribution is 2.57. The molecule has 0 spiro atoms. The van der Waals surface area contributed by atoms with E-state index in [1.807, 2.05) is 6.07 Å². The molecule has 2 N–H and O–H groups in total. The Morgan fingerprint density at radius 2 is 1.97 bits per heavy atom. The molecule has 1 saturated heterocycles. The number of nitrogens with zero attached hydrogens (tertiary/aromatic N) is 3. The molecule has 2 amide bonds. The van der Waals surface area contributed by atoms with Gasteiger partial charge in [-0.2, -0.15) is 0 Å². The number of sulfone groups is 1. The number of rotatable bonds is 8. The van der Waals surface area contributed by atoms with Crippen LogP contribution >= 0.6 is 0 Å². The van der Waals surface area contributed by atoms with E-state index >= 15 is 0 Å². The standard InChI is InChI=1S/C24H30FN5O4S/c1-16-15-34-13-12-30(16)21-14-20(24(8-9-24)35(32,33)19-6-7-19)28-22(29-21)17-2-4-18(5-3-17)27-23(31)26-11-10-25/h2-5,14,16,19H,6-13,15H2,1H3,(H2,26,27,31)/t16-/m0/s1. The Labute approximate surface area is 204 Å². The molecule has 0 bridgehead atoms. The topological polar surface area (TPSA) is 114 Å². The Morgan fingerprint density at radius 1 is 1.23 bits per heavy atom. The molecule has 9 nitrogen and oxygen atoms in total. The van der Waals surface area contributed by atoms with Gasteiger partial charge in [0.1, 0.15) is 17.2 Å². The van der Waals surface area contributed by atoms with E-state index in [1.54, 1.807) is 24.3 Å². The molecule has 11 heteroatoms. The zero-order valence-corrected chi connectivity index (χ0v) is 20.5. The number of hydrogen-bond acceptors (Lipinski definition) is 7. The van der Waals surface area contributed by atoms with Crippen molar-refractivity contribution in [2.75, 3.05) is 43.2 Å². The lowest BCUT2D eigenvalue weighted by Crippen LogP contribution is -2.44. The van der Waals surface area contributed by atoms with Crippen molar-refractivity contribution in [3.05, 3.63) is 36.0 Å². The Hall–Kier alpha value is -2.79. The third-order valence-electron chi connectivity index (χ3n) is 6.83. The molecule has 2 aliphatic carbocycles. The smallest absolute Gasteiger partial charge is 0.319 e. The van der Waals surface area contributed by atoms with Crippen molar-refractivity contribution in [2.45, 2.75) is 48.6 Å². The number of amides is 2. The average molecular weight is 504 g/mol. The number of carbonyl (C=O) groups excluding carboxylic acids is 1. The van der Waals surface area contributed by atoms with Gasteiger partial charge in [0.05, 0.1) is 30.2 Å². The van der Waals surface area contributed by atoms with Crippen molar-refractivity contribution in [1.82, 2.24) is 15.3 Å². The van der Waals surface area contributed by atoms with Crippen LogP contribution in [0.1, 0.15) is 38.3 Å². The fourth-order valence-corrected chi connectivity index (χ4v) is 7.01. The molecule has 1 atom stereocenters. The first kappa shape index (κ1) is 23.9. The number of ether oxygens (including phenoxy) is 1. The van der Waals surface area contributed by atoms with E-state index in [9.17, 15) is 17.6 Å². The predicted octanol–water partition coefficient (Wildman–Crippen LogP) is 3.03. The van der Waals surface area contributed by atoms with Crippen LogP contribution in [0.2, 0.25) is 0 Å². The normalized spacial score (nSPS) is 21.4. The third-order valence-corrected chi connectivity index (χ3v) is 9.89. The van der Waals surface area contributed by atoms with E-state index in [1.165, 1.54) is 0 Å². The highest BCUT2D eigenvalue weighted by molar-refractivity contribution is 7.93. The van der Waals surface area contributed by atoms with Gasteiger partial charge >= 0.3 is 6.03 Å². The van der Waals surface area contributed by atoms with Crippen LogP contribution in [-0.2, 0) is 19.3 Å². The highest BCUT2D eigenvalue weighted by atomic mass is 32.2. The Bertz CT molecular complexity index is 1200. The molecule has 35 heavy (non-hydrogen) atoms. The van der Waals surface area contributed by atoms with Crippen molar-refractivity contribution in [2.24, 2.45) is 0 Å². The molecular weight excluding hydrogens is 473 g/mol. The summed E-state index contributed by atoms with van der Waals surface area (Å²) < 4.78 is 43.6. The highest BCUT2D eigenvalue weighted by Gasteiger charge is 2.61. The van der Waals surface area contributed by atoms with Crippen molar-refractivity contribution in [3.8, 4) is 11.4 Å². The van der Waals surface area contributed by atoms with Gasteiger partial charge in [0.15, 0.2) is 15.7 Å². The number of morpholine rings is 1. The van der Waals surface area contributed by atoms with E-state index < -0.39 is 27.3 Å². The first-order chi connectivity index (χ1) is 16.8. The van der Waals surface area contributed by atoms with Crippen molar-refractivity contribution >= 4 is 27.4 Å². The molecule has 5 rings (SSSR count). The summed E-state index contributed by atoms with van der Waals surface area (Å²) in [5.74, 6) is 1.15. The van der Waals surface area contributed by atoms with E-state index in [0.717, 1.165) is 12.8 Å². The summed E-state index contributed by atoms with van der Waals surface area (Å²) in [6.07, 6.45) is 2.61. The number of hydrogen-bond donors (Lipinski definition) is 2. The maximum atomic E-state index is 13.3. The number of nitrogens with one attached hydrogen (secondary N) is 2. The van der Waals surface area contributed by atoms with E-state index in [0.29, 0.717) is 61.2 Å². The van der Waals surface area contributed by atoms with Gasteiger partial charge in [0.25, 0.3) is 0 Å². The average Bonchev–Trinajstić information content (AvgIpc) is 3.76. The quantitative estimate of drug-likeness (QED) is 0.569. The minimum absolute atomic E-state index is 0.0567. The summed E-state index contributed by atoms with van der Waals surface area (Å²) in [6, 6.07) is 8.46. The van der Waals surface area contributed by atoms with Crippen LogP contribution in [0.5, 0.6) is 0 Å². The first-order valence-corrected chi connectivity index (χ1v) is 13.6. The maximum absolute atomic E-state index is 13.3. The Kier molecular flexibility index (Phi) is 6.39. The van der Waals surface area contributed by atoms with Crippen LogP contribution in [0, 0.1) is 0 Å². The molecule has 3 fully saturated rings. The monoisotopic (exact) mass is 503 g/mol. The Balaban J connectivity index is 1.49. The fraction of sp³-hybridized carbons (Fsp3) is 0.542. The van der Waals surface area contributed by atoms with Gasteiger partial charge in [-0.3, -0.25) is 0 Å². The number of aromatic nitrogens is 2. The number of carbonyl (C=O) groups is 1. The predicted molar refractivity (Wildman–Crippen MR) is 131 cm³/mol. The second kappa shape index (κ2) is 9.34. The first-order valence-electron chi connectivity index (χ1n) is 12.0. The molecule has 3 aliphatic rings. The summed E-state index contributed by atoms with van der Waals surface area (Å²) in [4.78, 5) is 23.5. The van der Waals surface area contributed by atoms with Gasteiger partial charge in [-0.25, -0.2) is 27.6 Å². The van der Waals surface area contributed by atoms with Crippen molar-refractivity contribution in [3.63, 3.8) is 0 Å². The molecule has 2 saturated carbocycles. The number of urea groups is 1. The van der Waals surface area contributed by atoms with Crippen LogP contribution in [0.4, 0.5) is 20.7 Å². The van der Waals surface area contributed by atoms with Crippen LogP contribution in [-0.4, -0.2) is 68.7 Å². The van der Waals surface area contributed by atoms with Crippen molar-refractivity contribution < 1.29 is 22.3 Å². The van der Waals surface area contributed by atoms with Gasteiger partial charge in [0.2, 0.25) is 0 Å². The molecule has 2 aromatic rings. The zero-order chi connectivity index (χ0) is 24.6. The van der Waals surface area contributed by atoms with E-state index in [4.69, 9.17) is 14.7 Å². The van der Waals surface area contributed by atoms with Gasteiger partial charge in [-0.1, -0.05) is 0 Å². The second-order valence-electron chi connectivity index (χ2n) is 9.44. The third kappa shape index (κ3) is 4.71. The van der Waals surface area contributed by atoms with Crippen LogP contribution in [0.15, 0.2) is 30.3 Å². The number of benzene rings is 1. The van der Waals surface area contributed by atoms with E-state index in [2.05, 4.69) is 22.5 Å². The van der Waals surface area contributed by atoms with Crippen LogP contribution < -0.4 is 15.5 Å². The molecule has 188 valence electrons. The lowest BCUT2D eigenvalue weighted by atomic mass is 10.1. The SMILES string of the molecule is C[C@H]1COCCN1c1cc(C2(S(=O)(=O)C3CC3)CC2)nc(-c2ccc(NC(=O)NCCF)cc2)n1. The van der Waals surface area contributed by atoms with Crippen molar-refractivity contribution in [1.29, 1.82) is 0 Å². The molecule has 1 aliphatic heterocycles. The molecule has 2 heterocycles. The molecule has 1 aromatic carbocycles.